The molecular formula is C20H18FN5O2S. The fourth-order valence-corrected chi connectivity index (χ4v) is 4.14. The SMILES string of the molecule is C=C1Nc2nc(SCc3ccccc3F)nn2C(c2cccc(O)c2)C1C(N)=O. The monoisotopic (exact) mass is 411 g/mol. The van der Waals surface area contributed by atoms with Crippen molar-refractivity contribution < 1.29 is 14.3 Å². The Bertz CT molecular complexity index is 1100. The number of nitrogens with two attached hydrogens (primary N) is 1. The number of phenolic OH excluding ortho intramolecular Hbond substituents is 1. The van der Waals surface area contributed by atoms with Gasteiger partial charge in [0.25, 0.3) is 0 Å². The van der Waals surface area contributed by atoms with E-state index in [-0.39, 0.29) is 11.6 Å². The third-order valence-corrected chi connectivity index (χ3v) is 5.56. The highest BCUT2D eigenvalue weighted by Crippen LogP contribution is 2.39. The van der Waals surface area contributed by atoms with Crippen LogP contribution in [0.25, 0.3) is 0 Å². The van der Waals surface area contributed by atoms with Crippen LogP contribution in [0.5, 0.6) is 5.75 Å². The second-order valence-corrected chi connectivity index (χ2v) is 7.56. The molecular weight excluding hydrogens is 393 g/mol. The number of hydrogen-bond donors (Lipinski definition) is 3. The molecule has 1 aliphatic heterocycles. The van der Waals surface area contributed by atoms with Crippen LogP contribution in [0.4, 0.5) is 10.3 Å². The minimum atomic E-state index is -0.782. The van der Waals surface area contributed by atoms with Crippen LogP contribution in [0.15, 0.2) is 66.0 Å². The number of phenols is 1. The molecule has 29 heavy (non-hydrogen) atoms. The molecule has 2 atom stereocenters. The van der Waals surface area contributed by atoms with E-state index in [9.17, 15) is 14.3 Å². The van der Waals surface area contributed by atoms with Crippen LogP contribution in [0.2, 0.25) is 0 Å². The molecule has 7 nitrogen and oxygen atoms in total. The highest BCUT2D eigenvalue weighted by molar-refractivity contribution is 7.98. The molecule has 1 aromatic heterocycles. The lowest BCUT2D eigenvalue weighted by Crippen LogP contribution is -2.40. The first-order valence-corrected chi connectivity index (χ1v) is 9.79. The van der Waals surface area contributed by atoms with Crippen LogP contribution < -0.4 is 11.1 Å². The first-order chi connectivity index (χ1) is 13.9. The van der Waals surface area contributed by atoms with E-state index in [1.165, 1.54) is 23.9 Å². The summed E-state index contributed by atoms with van der Waals surface area (Å²) >= 11 is 1.27. The maximum absolute atomic E-state index is 13.9. The number of nitrogens with zero attached hydrogens (tertiary/aromatic N) is 3. The normalized spacial score (nSPS) is 18.2. The molecule has 0 saturated heterocycles. The maximum atomic E-state index is 13.9. The van der Waals surface area contributed by atoms with Crippen molar-refractivity contribution in [1.29, 1.82) is 0 Å². The molecule has 2 heterocycles. The van der Waals surface area contributed by atoms with E-state index < -0.39 is 17.9 Å². The van der Waals surface area contributed by atoms with Crippen LogP contribution in [0, 0.1) is 11.7 Å². The number of carbonyl (C=O) groups excluding carboxylic acids is 1. The van der Waals surface area contributed by atoms with Crippen molar-refractivity contribution in [2.24, 2.45) is 11.7 Å². The quantitative estimate of drug-likeness (QED) is 0.557. The van der Waals surface area contributed by atoms with Crippen molar-refractivity contribution in [2.75, 3.05) is 5.32 Å². The summed E-state index contributed by atoms with van der Waals surface area (Å²) < 4.78 is 15.4. The average Bonchev–Trinajstić information content (AvgIpc) is 3.08. The topological polar surface area (TPSA) is 106 Å². The van der Waals surface area contributed by atoms with E-state index in [0.717, 1.165) is 0 Å². The summed E-state index contributed by atoms with van der Waals surface area (Å²) in [5.74, 6) is -0.829. The van der Waals surface area contributed by atoms with Gasteiger partial charge in [0.1, 0.15) is 17.5 Å². The number of carbonyl (C=O) groups is 1. The standard InChI is InChI=1S/C20H18FN5O2S/c1-11-16(18(22)28)17(12-6-4-7-14(27)9-12)26-19(23-11)24-20(25-26)29-10-13-5-2-3-8-15(13)21/h2-9,16-17,27H,1,10H2,(H2,22,28)(H,23,24,25). The van der Waals surface area contributed by atoms with Gasteiger partial charge in [-0.05, 0) is 29.3 Å². The summed E-state index contributed by atoms with van der Waals surface area (Å²) in [6, 6.07) is 12.4. The van der Waals surface area contributed by atoms with E-state index in [2.05, 4.69) is 22.0 Å². The lowest BCUT2D eigenvalue weighted by molar-refractivity contribution is -0.121. The largest absolute Gasteiger partial charge is 0.508 e. The van der Waals surface area contributed by atoms with Crippen LogP contribution in [-0.2, 0) is 10.5 Å². The summed E-state index contributed by atoms with van der Waals surface area (Å²) in [7, 11) is 0. The second kappa shape index (κ2) is 7.59. The molecule has 3 aromatic rings. The van der Waals surface area contributed by atoms with Gasteiger partial charge in [-0.15, -0.1) is 5.10 Å². The van der Waals surface area contributed by atoms with Crippen LogP contribution in [0.3, 0.4) is 0 Å². The Morgan fingerprint density at radius 3 is 2.83 bits per heavy atom. The van der Waals surface area contributed by atoms with Crippen molar-refractivity contribution in [2.45, 2.75) is 17.0 Å². The van der Waals surface area contributed by atoms with Gasteiger partial charge >= 0.3 is 0 Å². The van der Waals surface area contributed by atoms with Crippen LogP contribution >= 0.6 is 11.8 Å². The Morgan fingerprint density at radius 2 is 2.10 bits per heavy atom. The first-order valence-electron chi connectivity index (χ1n) is 8.81. The zero-order chi connectivity index (χ0) is 20.5. The molecule has 148 valence electrons. The number of fused-ring (bicyclic) bond motifs is 1. The van der Waals surface area contributed by atoms with Gasteiger partial charge < -0.3 is 16.2 Å². The van der Waals surface area contributed by atoms with Gasteiger partial charge in [-0.3, -0.25) is 4.79 Å². The molecule has 4 rings (SSSR count). The Morgan fingerprint density at radius 1 is 1.31 bits per heavy atom. The molecule has 0 aliphatic carbocycles. The summed E-state index contributed by atoms with van der Waals surface area (Å²) in [6.45, 7) is 3.92. The van der Waals surface area contributed by atoms with Gasteiger partial charge in [0.05, 0.1) is 6.04 Å². The second-order valence-electron chi connectivity index (χ2n) is 6.61. The van der Waals surface area contributed by atoms with Crippen molar-refractivity contribution >= 4 is 23.6 Å². The number of amides is 1. The van der Waals surface area contributed by atoms with Gasteiger partial charge in [-0.2, -0.15) is 4.98 Å². The van der Waals surface area contributed by atoms with Gasteiger partial charge in [-0.25, -0.2) is 9.07 Å². The zero-order valence-corrected chi connectivity index (χ0v) is 16.1. The number of anilines is 1. The minimum Gasteiger partial charge on any atom is -0.508 e. The smallest absolute Gasteiger partial charge is 0.229 e. The molecule has 1 aliphatic rings. The molecule has 1 amide bonds. The van der Waals surface area contributed by atoms with E-state index in [1.807, 2.05) is 0 Å². The molecule has 2 unspecified atom stereocenters. The number of primary amides is 1. The average molecular weight is 411 g/mol. The molecule has 0 saturated carbocycles. The minimum absolute atomic E-state index is 0.0608. The molecule has 4 N–H and O–H groups in total. The predicted molar refractivity (Wildman–Crippen MR) is 108 cm³/mol. The number of nitrogens with one attached hydrogen (secondary N) is 1. The van der Waals surface area contributed by atoms with Gasteiger partial charge in [0.15, 0.2) is 0 Å². The van der Waals surface area contributed by atoms with E-state index in [0.29, 0.717) is 33.7 Å². The first kappa shape index (κ1) is 19.0. The number of benzene rings is 2. The third kappa shape index (κ3) is 3.68. The molecule has 0 spiro atoms. The van der Waals surface area contributed by atoms with E-state index in [1.54, 1.807) is 41.1 Å². The number of aromatic hydroxyl groups is 1. The molecule has 0 fully saturated rings. The fourth-order valence-electron chi connectivity index (χ4n) is 3.32. The van der Waals surface area contributed by atoms with Crippen molar-refractivity contribution in [3.63, 3.8) is 0 Å². The summed E-state index contributed by atoms with van der Waals surface area (Å²) in [4.78, 5) is 16.6. The molecule has 9 heteroatoms. The van der Waals surface area contributed by atoms with Gasteiger partial charge in [0, 0.05) is 11.4 Å². The highest BCUT2D eigenvalue weighted by atomic mass is 32.2. The number of aromatic nitrogens is 3. The predicted octanol–water partition coefficient (Wildman–Crippen LogP) is 3.05. The van der Waals surface area contributed by atoms with Crippen molar-refractivity contribution in [3.05, 3.63) is 77.8 Å². The van der Waals surface area contributed by atoms with Gasteiger partial charge in [0.2, 0.25) is 17.0 Å². The Labute approximate surface area is 170 Å². The van der Waals surface area contributed by atoms with Crippen molar-refractivity contribution in [1.82, 2.24) is 14.8 Å². The maximum Gasteiger partial charge on any atom is 0.229 e. The highest BCUT2D eigenvalue weighted by Gasteiger charge is 2.39. The van der Waals surface area contributed by atoms with Crippen LogP contribution in [-0.4, -0.2) is 25.8 Å². The molecule has 0 radical (unpaired) electrons. The molecule has 2 aromatic carbocycles. The van der Waals surface area contributed by atoms with Gasteiger partial charge in [-0.1, -0.05) is 48.7 Å². The molecule has 0 bridgehead atoms. The summed E-state index contributed by atoms with van der Waals surface area (Å²) in [5, 5.41) is 17.8. The number of hydrogen-bond acceptors (Lipinski definition) is 6. The summed E-state index contributed by atoms with van der Waals surface area (Å²) in [6.07, 6.45) is 0. The van der Waals surface area contributed by atoms with E-state index in [4.69, 9.17) is 5.73 Å². The fraction of sp³-hybridized carbons (Fsp3) is 0.150. The Balaban J connectivity index is 1.70. The third-order valence-electron chi connectivity index (χ3n) is 4.67. The van der Waals surface area contributed by atoms with E-state index >= 15 is 0 Å². The number of thioether (sulfide) groups is 1. The zero-order valence-electron chi connectivity index (χ0n) is 15.2. The lowest BCUT2D eigenvalue weighted by Gasteiger charge is -2.32. The Kier molecular flexibility index (Phi) is 4.98. The summed E-state index contributed by atoms with van der Waals surface area (Å²) in [5.41, 5.74) is 7.22. The van der Waals surface area contributed by atoms with Crippen LogP contribution in [0.1, 0.15) is 17.2 Å². The Hall–Kier alpha value is -3.33. The lowest BCUT2D eigenvalue weighted by atomic mass is 9.88. The number of halogens is 1. The number of rotatable bonds is 5. The van der Waals surface area contributed by atoms with Crippen molar-refractivity contribution in [3.8, 4) is 5.75 Å².